The summed E-state index contributed by atoms with van der Waals surface area (Å²) in [4.78, 5) is 0. The highest BCUT2D eigenvalue weighted by atomic mass is 16.5. The molecule has 0 aliphatic carbocycles. The van der Waals surface area contributed by atoms with Crippen LogP contribution in [0.4, 0.5) is 0 Å². The molecule has 4 aromatic rings. The van der Waals surface area contributed by atoms with E-state index in [0.717, 1.165) is 65.6 Å². The summed E-state index contributed by atoms with van der Waals surface area (Å²) in [6.07, 6.45) is 3.56. The van der Waals surface area contributed by atoms with Crippen molar-refractivity contribution in [2.45, 2.75) is 25.7 Å². The molecule has 4 heteroatoms. The second-order valence-electron chi connectivity index (χ2n) is 8.79. The smallest absolute Gasteiger partial charge is 0.169 e. The van der Waals surface area contributed by atoms with E-state index in [-0.39, 0.29) is 0 Å². The first-order chi connectivity index (χ1) is 17.2. The van der Waals surface area contributed by atoms with Crippen LogP contribution in [0.5, 0.6) is 28.7 Å². The maximum Gasteiger partial charge on any atom is 0.169 e. The fourth-order valence-corrected chi connectivity index (χ4v) is 4.66. The standard InChI is InChI=1S/C31H30O4/c1-32-26-14-16-27-24(20-26)11-6-23-10-17-29(33-2)31(19-23)35-25-12-7-21(8-13-25)4-5-22-9-15-28(27)30(18-22)34-3/h7-10,12-20H,4-6,11H2,1-3H3. The molecule has 0 saturated carbocycles. The maximum absolute atomic E-state index is 6.23. The number of rotatable bonds is 3. The summed E-state index contributed by atoms with van der Waals surface area (Å²) in [5.74, 6) is 3.99. The van der Waals surface area contributed by atoms with Crippen molar-refractivity contribution in [1.82, 2.24) is 0 Å². The van der Waals surface area contributed by atoms with Crippen molar-refractivity contribution in [1.29, 1.82) is 0 Å². The van der Waals surface area contributed by atoms with Gasteiger partial charge in [-0.2, -0.15) is 0 Å². The zero-order valence-electron chi connectivity index (χ0n) is 20.5. The molecule has 3 aliphatic heterocycles. The number of fused-ring (bicyclic) bond motifs is 2. The highest BCUT2D eigenvalue weighted by Gasteiger charge is 2.15. The average Bonchev–Trinajstić information content (AvgIpc) is 2.91. The van der Waals surface area contributed by atoms with Crippen molar-refractivity contribution in [2.24, 2.45) is 0 Å². The van der Waals surface area contributed by atoms with Crippen LogP contribution in [0.2, 0.25) is 0 Å². The number of methoxy groups -OCH3 is 3. The minimum absolute atomic E-state index is 0.721. The lowest BCUT2D eigenvalue weighted by molar-refractivity contribution is 0.378. The van der Waals surface area contributed by atoms with E-state index < -0.39 is 0 Å². The van der Waals surface area contributed by atoms with E-state index in [2.05, 4.69) is 54.6 Å². The number of hydrogen-bond donors (Lipinski definition) is 0. The third kappa shape index (κ3) is 4.97. The van der Waals surface area contributed by atoms with E-state index >= 15 is 0 Å². The van der Waals surface area contributed by atoms with Crippen LogP contribution in [0, 0.1) is 0 Å². The normalized spacial score (nSPS) is 12.8. The van der Waals surface area contributed by atoms with Gasteiger partial charge < -0.3 is 18.9 Å². The molecule has 4 nitrogen and oxygen atoms in total. The molecule has 0 aromatic heterocycles. The first-order valence-corrected chi connectivity index (χ1v) is 11.9. The molecular weight excluding hydrogens is 436 g/mol. The predicted octanol–water partition coefficient (Wildman–Crippen LogP) is 7.06. The average molecular weight is 467 g/mol. The number of ether oxygens (including phenoxy) is 4. The van der Waals surface area contributed by atoms with Crippen molar-refractivity contribution in [3.8, 4) is 39.9 Å². The topological polar surface area (TPSA) is 36.9 Å². The third-order valence-electron chi connectivity index (χ3n) is 6.63. The Morgan fingerprint density at radius 1 is 0.543 bits per heavy atom. The summed E-state index contributed by atoms with van der Waals surface area (Å²) in [6.45, 7) is 0. The number of aryl methyl sites for hydroxylation is 4. The molecule has 3 aliphatic rings. The Labute approximate surface area is 207 Å². The van der Waals surface area contributed by atoms with Gasteiger partial charge in [-0.1, -0.05) is 36.4 Å². The molecule has 0 amide bonds. The summed E-state index contributed by atoms with van der Waals surface area (Å²) < 4.78 is 23.2. The van der Waals surface area contributed by atoms with Crippen LogP contribution in [0.15, 0.2) is 78.9 Å². The van der Waals surface area contributed by atoms with E-state index in [0.29, 0.717) is 0 Å². The lowest BCUT2D eigenvalue weighted by Gasteiger charge is -2.17. The molecule has 0 atom stereocenters. The first kappa shape index (κ1) is 22.9. The van der Waals surface area contributed by atoms with Crippen LogP contribution in [0.25, 0.3) is 11.1 Å². The fraction of sp³-hybridized carbons (Fsp3) is 0.226. The van der Waals surface area contributed by atoms with Gasteiger partial charge in [-0.15, -0.1) is 0 Å². The Morgan fingerprint density at radius 2 is 1.20 bits per heavy atom. The van der Waals surface area contributed by atoms with Crippen molar-refractivity contribution < 1.29 is 18.9 Å². The van der Waals surface area contributed by atoms with Crippen molar-refractivity contribution in [3.63, 3.8) is 0 Å². The van der Waals surface area contributed by atoms with E-state index in [1.807, 2.05) is 24.3 Å². The molecular formula is C31H30O4. The summed E-state index contributed by atoms with van der Waals surface area (Å²) >= 11 is 0. The van der Waals surface area contributed by atoms with E-state index in [1.54, 1.807) is 21.3 Å². The van der Waals surface area contributed by atoms with Crippen molar-refractivity contribution >= 4 is 0 Å². The number of hydrogen-bond acceptors (Lipinski definition) is 4. The summed E-state index contributed by atoms with van der Waals surface area (Å²) in [6, 6.07) is 27.3. The molecule has 0 N–H and O–H groups in total. The summed E-state index contributed by atoms with van der Waals surface area (Å²) in [7, 11) is 5.12. The van der Waals surface area contributed by atoms with Gasteiger partial charge >= 0.3 is 0 Å². The zero-order valence-corrected chi connectivity index (χ0v) is 20.5. The molecule has 3 heterocycles. The van der Waals surface area contributed by atoms with Crippen molar-refractivity contribution in [2.75, 3.05) is 21.3 Å². The van der Waals surface area contributed by atoms with Gasteiger partial charge in [0.1, 0.15) is 17.2 Å². The molecule has 178 valence electrons. The van der Waals surface area contributed by atoms with E-state index in [1.165, 1.54) is 22.3 Å². The molecule has 0 saturated heterocycles. The second-order valence-corrected chi connectivity index (χ2v) is 8.79. The van der Waals surface area contributed by atoms with E-state index in [9.17, 15) is 0 Å². The Hall–Kier alpha value is -3.92. The van der Waals surface area contributed by atoms with Gasteiger partial charge in [-0.25, -0.2) is 0 Å². The van der Waals surface area contributed by atoms with E-state index in [4.69, 9.17) is 18.9 Å². The molecule has 0 spiro atoms. The molecule has 0 fully saturated rings. The van der Waals surface area contributed by atoms with Crippen LogP contribution < -0.4 is 18.9 Å². The maximum atomic E-state index is 6.23. The second kappa shape index (κ2) is 10.1. The van der Waals surface area contributed by atoms with Crippen LogP contribution in [0.3, 0.4) is 0 Å². The number of benzene rings is 4. The molecule has 7 rings (SSSR count). The molecule has 35 heavy (non-hydrogen) atoms. The van der Waals surface area contributed by atoms with Gasteiger partial charge in [0.25, 0.3) is 0 Å². The van der Waals surface area contributed by atoms with Crippen LogP contribution in [-0.2, 0) is 25.7 Å². The third-order valence-corrected chi connectivity index (χ3v) is 6.63. The zero-order chi connectivity index (χ0) is 24.2. The lowest BCUT2D eigenvalue weighted by atomic mass is 9.92. The Bertz CT molecular complexity index is 1320. The van der Waals surface area contributed by atoms with Gasteiger partial charge in [0.2, 0.25) is 0 Å². The van der Waals surface area contributed by atoms with Gasteiger partial charge in [-0.3, -0.25) is 0 Å². The minimum atomic E-state index is 0.721. The van der Waals surface area contributed by atoms with Gasteiger partial charge in [0, 0.05) is 5.56 Å². The Kier molecular flexibility index (Phi) is 6.62. The fourth-order valence-electron chi connectivity index (χ4n) is 4.66. The Morgan fingerprint density at radius 3 is 1.97 bits per heavy atom. The van der Waals surface area contributed by atoms with Crippen LogP contribution >= 0.6 is 0 Å². The van der Waals surface area contributed by atoms with Gasteiger partial charge in [0.15, 0.2) is 11.5 Å². The van der Waals surface area contributed by atoms with Gasteiger partial charge in [0.05, 0.1) is 21.3 Å². The van der Waals surface area contributed by atoms with Crippen molar-refractivity contribution in [3.05, 3.63) is 101 Å². The lowest BCUT2D eigenvalue weighted by Crippen LogP contribution is -2.00. The van der Waals surface area contributed by atoms with Crippen LogP contribution in [0.1, 0.15) is 22.3 Å². The molecule has 0 unspecified atom stereocenters. The summed E-state index contributed by atoms with van der Waals surface area (Å²) in [5.41, 5.74) is 7.16. The van der Waals surface area contributed by atoms with Crippen LogP contribution in [-0.4, -0.2) is 21.3 Å². The van der Waals surface area contributed by atoms with Gasteiger partial charge in [-0.05, 0) is 96.0 Å². The predicted molar refractivity (Wildman–Crippen MR) is 139 cm³/mol. The minimum Gasteiger partial charge on any atom is -0.497 e. The Balaban J connectivity index is 1.61. The highest BCUT2D eigenvalue weighted by molar-refractivity contribution is 5.74. The quantitative estimate of drug-likeness (QED) is 0.324. The SMILES string of the molecule is COc1ccc2c(c1)CCc1ccc(OC)c(c1)Oc1ccc(cc1)CCc1ccc-2c(OC)c1. The summed E-state index contributed by atoms with van der Waals surface area (Å²) in [5, 5.41) is 0. The molecule has 0 radical (unpaired) electrons. The molecule has 4 aromatic carbocycles. The highest BCUT2D eigenvalue weighted by Crippen LogP contribution is 2.37. The molecule has 6 bridgehead atoms. The largest absolute Gasteiger partial charge is 0.497 e. The first-order valence-electron chi connectivity index (χ1n) is 11.9. The monoisotopic (exact) mass is 466 g/mol.